The smallest absolute Gasteiger partial charge is 0.246 e. The summed E-state index contributed by atoms with van der Waals surface area (Å²) in [7, 11) is -1.93. The Hall–Kier alpha value is -2.23. The summed E-state index contributed by atoms with van der Waals surface area (Å²) < 4.78 is 34.3. The van der Waals surface area contributed by atoms with E-state index in [1.54, 1.807) is 25.8 Å². The molecule has 8 nitrogen and oxygen atoms in total. The zero-order valence-electron chi connectivity index (χ0n) is 17.3. The van der Waals surface area contributed by atoms with Gasteiger partial charge in [-0.25, -0.2) is 8.42 Å². The molecule has 0 aliphatic carbocycles. The molecule has 1 aliphatic rings. The fourth-order valence-corrected chi connectivity index (χ4v) is 5.32. The predicted octanol–water partition coefficient (Wildman–Crippen LogP) is 1.74. The summed E-state index contributed by atoms with van der Waals surface area (Å²) in [6.07, 6.45) is 0. The average Bonchev–Trinajstić information content (AvgIpc) is 3.01. The van der Waals surface area contributed by atoms with Crippen molar-refractivity contribution in [3.8, 4) is 0 Å². The number of rotatable bonds is 6. The molecular weight excluding hydrogens is 392 g/mol. The van der Waals surface area contributed by atoms with E-state index in [0.29, 0.717) is 37.7 Å². The number of amides is 1. The van der Waals surface area contributed by atoms with E-state index in [1.165, 1.54) is 8.99 Å². The molecule has 158 valence electrons. The molecular formula is C20H28N4O4S. The molecule has 0 radical (unpaired) electrons. The van der Waals surface area contributed by atoms with Gasteiger partial charge >= 0.3 is 0 Å². The largest absolute Gasteiger partial charge is 0.379 e. The zero-order valence-corrected chi connectivity index (χ0v) is 18.1. The third-order valence-electron chi connectivity index (χ3n) is 5.42. The maximum atomic E-state index is 13.1. The van der Waals surface area contributed by atoms with Gasteiger partial charge in [0.05, 0.1) is 30.6 Å². The molecule has 0 saturated carbocycles. The number of nitrogens with zero attached hydrogens (tertiary/aromatic N) is 4. The molecule has 29 heavy (non-hydrogen) atoms. The fourth-order valence-electron chi connectivity index (χ4n) is 3.53. The molecule has 1 saturated heterocycles. The summed E-state index contributed by atoms with van der Waals surface area (Å²) in [6.45, 7) is 6.71. The van der Waals surface area contributed by atoms with Crippen molar-refractivity contribution in [3.05, 3.63) is 47.3 Å². The van der Waals surface area contributed by atoms with Gasteiger partial charge in [0.2, 0.25) is 15.9 Å². The summed E-state index contributed by atoms with van der Waals surface area (Å²) >= 11 is 0. The maximum Gasteiger partial charge on any atom is 0.246 e. The second kappa shape index (κ2) is 8.64. The van der Waals surface area contributed by atoms with Crippen molar-refractivity contribution in [2.24, 2.45) is 0 Å². The molecule has 1 atom stereocenters. The van der Waals surface area contributed by atoms with E-state index >= 15 is 0 Å². The van der Waals surface area contributed by atoms with E-state index in [1.807, 2.05) is 37.3 Å². The lowest BCUT2D eigenvalue weighted by Gasteiger charge is -2.26. The van der Waals surface area contributed by atoms with Crippen LogP contribution in [0.25, 0.3) is 0 Å². The van der Waals surface area contributed by atoms with Crippen LogP contribution >= 0.6 is 0 Å². The highest BCUT2D eigenvalue weighted by Gasteiger charge is 2.32. The summed E-state index contributed by atoms with van der Waals surface area (Å²) in [4.78, 5) is 14.7. The monoisotopic (exact) mass is 420 g/mol. The quantitative estimate of drug-likeness (QED) is 0.711. The average molecular weight is 421 g/mol. The van der Waals surface area contributed by atoms with E-state index in [-0.39, 0.29) is 23.4 Å². The summed E-state index contributed by atoms with van der Waals surface area (Å²) in [6, 6.07) is 9.67. The Morgan fingerprint density at radius 2 is 1.83 bits per heavy atom. The van der Waals surface area contributed by atoms with Crippen LogP contribution in [0.2, 0.25) is 0 Å². The Labute approximate surface area is 172 Å². The van der Waals surface area contributed by atoms with Gasteiger partial charge in [-0.1, -0.05) is 30.3 Å². The molecule has 1 aromatic heterocycles. The lowest BCUT2D eigenvalue weighted by atomic mass is 10.1. The molecule has 0 N–H and O–H groups in total. The highest BCUT2D eigenvalue weighted by Crippen LogP contribution is 2.25. The van der Waals surface area contributed by atoms with Crippen molar-refractivity contribution in [3.63, 3.8) is 0 Å². The summed E-state index contributed by atoms with van der Waals surface area (Å²) in [5.41, 5.74) is 1.91. The lowest BCUT2D eigenvalue weighted by molar-refractivity contribution is -0.132. The van der Waals surface area contributed by atoms with Gasteiger partial charge in [-0.2, -0.15) is 9.40 Å². The molecule has 0 bridgehead atoms. The third-order valence-corrected chi connectivity index (χ3v) is 7.58. The van der Waals surface area contributed by atoms with Crippen LogP contribution in [0.1, 0.15) is 29.9 Å². The number of hydrogen-bond acceptors (Lipinski definition) is 5. The van der Waals surface area contributed by atoms with Gasteiger partial charge in [0.25, 0.3) is 0 Å². The van der Waals surface area contributed by atoms with Gasteiger partial charge in [-0.05, 0) is 26.3 Å². The van der Waals surface area contributed by atoms with Gasteiger partial charge in [0.1, 0.15) is 11.4 Å². The van der Waals surface area contributed by atoms with Crippen LogP contribution in [-0.2, 0) is 26.1 Å². The first-order chi connectivity index (χ1) is 13.7. The fraction of sp³-hybridized carbons (Fsp3) is 0.500. The van der Waals surface area contributed by atoms with Crippen LogP contribution in [0.4, 0.5) is 0 Å². The van der Waals surface area contributed by atoms with Gasteiger partial charge in [0, 0.05) is 20.1 Å². The zero-order chi connectivity index (χ0) is 21.2. The van der Waals surface area contributed by atoms with Crippen molar-refractivity contribution >= 4 is 15.9 Å². The summed E-state index contributed by atoms with van der Waals surface area (Å²) in [5, 5.41) is 4.36. The van der Waals surface area contributed by atoms with Crippen LogP contribution in [0.5, 0.6) is 0 Å². The topological polar surface area (TPSA) is 84.7 Å². The second-order valence-corrected chi connectivity index (χ2v) is 9.14. The molecule has 9 heteroatoms. The normalized spacial score (nSPS) is 16.6. The number of morpholine rings is 1. The van der Waals surface area contributed by atoms with Gasteiger partial charge in [-0.15, -0.1) is 0 Å². The Bertz CT molecular complexity index is 966. The van der Waals surface area contributed by atoms with Crippen molar-refractivity contribution in [1.82, 2.24) is 19.0 Å². The van der Waals surface area contributed by atoms with Crippen LogP contribution in [0, 0.1) is 13.8 Å². The number of likely N-dealkylation sites (N-methyl/N-ethyl adjacent to an activating group) is 1. The first-order valence-electron chi connectivity index (χ1n) is 9.66. The van der Waals surface area contributed by atoms with Crippen molar-refractivity contribution in [2.45, 2.75) is 38.3 Å². The number of ether oxygens (including phenoxy) is 1. The first-order valence-corrected chi connectivity index (χ1v) is 11.1. The van der Waals surface area contributed by atoms with Crippen molar-refractivity contribution in [2.75, 3.05) is 33.4 Å². The minimum Gasteiger partial charge on any atom is -0.379 e. The van der Waals surface area contributed by atoms with Crippen LogP contribution in [-0.4, -0.2) is 66.7 Å². The second-order valence-electron chi connectivity index (χ2n) is 7.27. The van der Waals surface area contributed by atoms with E-state index in [9.17, 15) is 13.2 Å². The molecule has 1 aliphatic heterocycles. The number of hydrogen-bond donors (Lipinski definition) is 0. The number of benzene rings is 1. The highest BCUT2D eigenvalue weighted by molar-refractivity contribution is 7.89. The van der Waals surface area contributed by atoms with Crippen LogP contribution < -0.4 is 0 Å². The number of aromatic nitrogens is 2. The predicted molar refractivity (Wildman–Crippen MR) is 109 cm³/mol. The first kappa shape index (κ1) is 21.5. The Kier molecular flexibility index (Phi) is 6.40. The molecule has 0 unspecified atom stereocenters. The van der Waals surface area contributed by atoms with Crippen LogP contribution in [0.15, 0.2) is 35.2 Å². The molecule has 1 aromatic carbocycles. The molecule has 0 spiro atoms. The standard InChI is InChI=1S/C20H28N4O4S/c1-15-20(29(26,27)23-10-12-28-13-11-23)17(3)24(21-15)14-19(25)22(4)16(2)18-8-6-5-7-9-18/h5-9,16H,10-14H2,1-4H3/t16-/m0/s1. The molecule has 1 fully saturated rings. The number of carbonyl (C=O) groups excluding carboxylic acids is 1. The van der Waals surface area contributed by atoms with E-state index in [2.05, 4.69) is 5.10 Å². The minimum absolute atomic E-state index is 0.0149. The Morgan fingerprint density at radius 1 is 1.21 bits per heavy atom. The number of aryl methyl sites for hydroxylation is 1. The highest BCUT2D eigenvalue weighted by atomic mass is 32.2. The molecule has 2 aromatic rings. The Balaban J connectivity index is 1.80. The maximum absolute atomic E-state index is 13.1. The minimum atomic E-state index is -3.67. The molecule has 3 rings (SSSR count). The van der Waals surface area contributed by atoms with Gasteiger partial charge in [0.15, 0.2) is 0 Å². The Morgan fingerprint density at radius 3 is 2.45 bits per heavy atom. The number of sulfonamides is 1. The van der Waals surface area contributed by atoms with E-state index in [4.69, 9.17) is 4.74 Å². The van der Waals surface area contributed by atoms with Crippen molar-refractivity contribution < 1.29 is 17.9 Å². The SMILES string of the molecule is Cc1nn(CC(=O)N(C)[C@@H](C)c2ccccc2)c(C)c1S(=O)(=O)N1CCOCC1. The summed E-state index contributed by atoms with van der Waals surface area (Å²) in [5.74, 6) is -0.137. The molecule has 2 heterocycles. The van der Waals surface area contributed by atoms with Crippen molar-refractivity contribution in [1.29, 1.82) is 0 Å². The van der Waals surface area contributed by atoms with Gasteiger partial charge < -0.3 is 9.64 Å². The van der Waals surface area contributed by atoms with Crippen LogP contribution in [0.3, 0.4) is 0 Å². The number of carbonyl (C=O) groups is 1. The van der Waals surface area contributed by atoms with E-state index < -0.39 is 10.0 Å². The van der Waals surface area contributed by atoms with E-state index in [0.717, 1.165) is 5.56 Å². The third kappa shape index (κ3) is 4.36. The van der Waals surface area contributed by atoms with Gasteiger partial charge in [-0.3, -0.25) is 9.48 Å². The lowest BCUT2D eigenvalue weighted by Crippen LogP contribution is -2.41. The molecule has 1 amide bonds.